The number of rotatable bonds is 9. The van der Waals surface area contributed by atoms with Crippen molar-refractivity contribution in [3.8, 4) is 11.5 Å². The number of carbonyl (C=O) groups excluding carboxylic acids is 1. The average molecular weight is 516 g/mol. The zero-order valence-corrected chi connectivity index (χ0v) is 21.3. The van der Waals surface area contributed by atoms with Gasteiger partial charge in [-0.2, -0.15) is 5.10 Å². The van der Waals surface area contributed by atoms with E-state index in [-0.39, 0.29) is 5.91 Å². The lowest BCUT2D eigenvalue weighted by Gasteiger charge is -2.23. The number of hydrogen-bond acceptors (Lipinski definition) is 7. The van der Waals surface area contributed by atoms with Gasteiger partial charge in [0.1, 0.15) is 30.0 Å². The molecule has 0 saturated carbocycles. The Morgan fingerprint density at radius 3 is 2.76 bits per heavy atom. The lowest BCUT2D eigenvalue weighted by molar-refractivity contribution is -0.118. The molecule has 1 amide bonds. The van der Waals surface area contributed by atoms with Crippen molar-refractivity contribution in [2.24, 2.45) is 0 Å². The van der Waals surface area contributed by atoms with Crippen molar-refractivity contribution in [2.75, 3.05) is 16.8 Å². The molecule has 0 saturated heterocycles. The molecule has 10 heteroatoms. The summed E-state index contributed by atoms with van der Waals surface area (Å²) in [6, 6.07) is 14.8. The Morgan fingerprint density at radius 2 is 1.95 bits per heavy atom. The Hall–Kier alpha value is -4.24. The molecule has 0 bridgehead atoms. The summed E-state index contributed by atoms with van der Waals surface area (Å²) in [4.78, 5) is 27.5. The number of unbranched alkanes of at least 4 members (excludes halogenated alkanes) is 1. The molecule has 5 rings (SSSR count). The molecule has 3 heterocycles. The number of fused-ring (bicyclic) bond motifs is 2. The Morgan fingerprint density at radius 1 is 1.05 bits per heavy atom. The third-order valence-electron chi connectivity index (χ3n) is 5.94. The number of aromatic nitrogens is 5. The van der Waals surface area contributed by atoms with Crippen LogP contribution in [-0.2, 0) is 4.79 Å². The van der Waals surface area contributed by atoms with Crippen LogP contribution in [0.2, 0.25) is 5.02 Å². The smallest absolute Gasteiger partial charge is 0.226 e. The van der Waals surface area contributed by atoms with Gasteiger partial charge < -0.3 is 15.0 Å². The molecule has 2 aromatic carbocycles. The molecule has 0 aliphatic carbocycles. The normalized spacial score (nSPS) is 11.1. The van der Waals surface area contributed by atoms with Crippen LogP contribution >= 0.6 is 11.6 Å². The second-order valence-corrected chi connectivity index (χ2v) is 8.88. The molecule has 188 valence electrons. The highest BCUT2D eigenvalue weighted by atomic mass is 35.5. The Kier molecular flexibility index (Phi) is 7.14. The summed E-state index contributed by atoms with van der Waals surface area (Å²) in [5.41, 5.74) is 3.02. The molecule has 5 aromatic rings. The number of ether oxygens (including phenoxy) is 1. The zero-order valence-electron chi connectivity index (χ0n) is 20.6. The van der Waals surface area contributed by atoms with Gasteiger partial charge >= 0.3 is 0 Å². The number of hydrogen-bond donors (Lipinski definition) is 1. The van der Waals surface area contributed by atoms with E-state index in [2.05, 4.69) is 32.3 Å². The molecule has 9 nitrogen and oxygen atoms in total. The van der Waals surface area contributed by atoms with E-state index in [0.717, 1.165) is 35.1 Å². The molecule has 37 heavy (non-hydrogen) atoms. The summed E-state index contributed by atoms with van der Waals surface area (Å²) in [5, 5.41) is 8.66. The third kappa shape index (κ3) is 5.31. The van der Waals surface area contributed by atoms with E-state index in [1.165, 1.54) is 12.7 Å². The van der Waals surface area contributed by atoms with Crippen LogP contribution in [0.1, 0.15) is 33.1 Å². The number of nitrogens with one attached hydrogen (secondary N) is 1. The van der Waals surface area contributed by atoms with E-state index in [1.807, 2.05) is 36.1 Å². The van der Waals surface area contributed by atoms with Gasteiger partial charge in [0.15, 0.2) is 5.65 Å². The first-order valence-electron chi connectivity index (χ1n) is 12.1. The lowest BCUT2D eigenvalue weighted by Crippen LogP contribution is -2.31. The molecule has 1 N–H and O–H groups in total. The van der Waals surface area contributed by atoms with Gasteiger partial charge in [-0.05, 0) is 48.9 Å². The fourth-order valence-corrected chi connectivity index (χ4v) is 4.22. The largest absolute Gasteiger partial charge is 0.456 e. The number of amides is 1. The van der Waals surface area contributed by atoms with Gasteiger partial charge in [0.05, 0.1) is 10.5 Å². The molecule has 0 aliphatic rings. The Labute approximate surface area is 219 Å². The third-order valence-corrected chi connectivity index (χ3v) is 6.24. The first kappa shape index (κ1) is 24.5. The van der Waals surface area contributed by atoms with Crippen molar-refractivity contribution in [1.29, 1.82) is 0 Å². The van der Waals surface area contributed by atoms with Crippen molar-refractivity contribution in [3.63, 3.8) is 0 Å². The fraction of sp³-hybridized carbons (Fsp3) is 0.222. The van der Waals surface area contributed by atoms with E-state index in [9.17, 15) is 4.79 Å². The molecular formula is C27H26ClN7O2. The topological polar surface area (TPSA) is 97.5 Å². The molecule has 0 aliphatic heterocycles. The van der Waals surface area contributed by atoms with Crippen molar-refractivity contribution in [1.82, 2.24) is 24.6 Å². The minimum Gasteiger partial charge on any atom is -0.456 e. The maximum absolute atomic E-state index is 12.6. The fourth-order valence-electron chi connectivity index (χ4n) is 4.00. The van der Waals surface area contributed by atoms with Crippen molar-refractivity contribution in [2.45, 2.75) is 33.1 Å². The summed E-state index contributed by atoms with van der Waals surface area (Å²) in [6.07, 6.45) is 7.14. The first-order chi connectivity index (χ1) is 18.1. The standard InChI is InChI=1S/C27H26ClN7O2/c1-3-5-11-34(26(36)4-2)19-7-8-23-21(14-19)27(31-16-29-23)33-18-6-9-24(22(28)13-18)37-20-10-12-35-25(15-20)30-17-32-35/h6-10,12-17H,3-5,11H2,1-2H3,(H,29,31,33). The predicted molar refractivity (Wildman–Crippen MR) is 145 cm³/mol. The quantitative estimate of drug-likeness (QED) is 0.242. The minimum atomic E-state index is 0.0877. The lowest BCUT2D eigenvalue weighted by atomic mass is 10.1. The Balaban J connectivity index is 1.40. The van der Waals surface area contributed by atoms with Crippen LogP contribution in [-0.4, -0.2) is 37.0 Å². The molecule has 0 fully saturated rings. The molecule has 0 spiro atoms. The number of halogens is 1. The van der Waals surface area contributed by atoms with Crippen LogP contribution in [0.5, 0.6) is 11.5 Å². The van der Waals surface area contributed by atoms with E-state index >= 15 is 0 Å². The van der Waals surface area contributed by atoms with Crippen molar-refractivity contribution >= 4 is 51.3 Å². The first-order valence-corrected chi connectivity index (χ1v) is 12.5. The van der Waals surface area contributed by atoms with Gasteiger partial charge in [-0.15, -0.1) is 0 Å². The van der Waals surface area contributed by atoms with Gasteiger partial charge in [0, 0.05) is 42.0 Å². The van der Waals surface area contributed by atoms with Crippen molar-refractivity contribution < 1.29 is 9.53 Å². The summed E-state index contributed by atoms with van der Waals surface area (Å²) in [7, 11) is 0. The molecular weight excluding hydrogens is 490 g/mol. The summed E-state index contributed by atoms with van der Waals surface area (Å²) >= 11 is 6.55. The van der Waals surface area contributed by atoms with Crippen molar-refractivity contribution in [3.05, 3.63) is 72.4 Å². The predicted octanol–water partition coefficient (Wildman–Crippen LogP) is 6.40. The summed E-state index contributed by atoms with van der Waals surface area (Å²) in [6.45, 7) is 4.66. The molecule has 3 aromatic heterocycles. The monoisotopic (exact) mass is 515 g/mol. The van der Waals surface area contributed by atoms with E-state index in [0.29, 0.717) is 41.0 Å². The minimum absolute atomic E-state index is 0.0877. The molecule has 0 unspecified atom stereocenters. The molecule has 0 atom stereocenters. The number of pyridine rings is 1. The highest BCUT2D eigenvalue weighted by Crippen LogP contribution is 2.34. The maximum atomic E-state index is 12.6. The second kappa shape index (κ2) is 10.8. The highest BCUT2D eigenvalue weighted by Gasteiger charge is 2.16. The summed E-state index contributed by atoms with van der Waals surface area (Å²) in [5.74, 6) is 1.82. The van der Waals surface area contributed by atoms with Gasteiger partial charge in [-0.3, -0.25) is 4.79 Å². The van der Waals surface area contributed by atoms with Crippen LogP contribution in [0.3, 0.4) is 0 Å². The van der Waals surface area contributed by atoms with Gasteiger partial charge in [0.25, 0.3) is 0 Å². The summed E-state index contributed by atoms with van der Waals surface area (Å²) < 4.78 is 7.62. The number of anilines is 3. The molecule has 0 radical (unpaired) electrons. The van der Waals surface area contributed by atoms with Crippen LogP contribution in [0.4, 0.5) is 17.2 Å². The van der Waals surface area contributed by atoms with Gasteiger partial charge in [-0.1, -0.05) is 31.9 Å². The number of nitrogens with zero attached hydrogens (tertiary/aromatic N) is 6. The van der Waals surface area contributed by atoms with Gasteiger partial charge in [0.2, 0.25) is 5.91 Å². The van der Waals surface area contributed by atoms with E-state index in [1.54, 1.807) is 35.0 Å². The zero-order chi connectivity index (χ0) is 25.8. The van der Waals surface area contributed by atoms with Gasteiger partial charge in [-0.25, -0.2) is 19.5 Å². The van der Waals surface area contributed by atoms with Crippen LogP contribution in [0, 0.1) is 0 Å². The van der Waals surface area contributed by atoms with E-state index < -0.39 is 0 Å². The van der Waals surface area contributed by atoms with E-state index in [4.69, 9.17) is 16.3 Å². The Bertz CT molecular complexity index is 1570. The SMILES string of the molecule is CCCCN(C(=O)CC)c1ccc2ncnc(Nc3ccc(Oc4ccn5ncnc5c4)c(Cl)c3)c2c1. The highest BCUT2D eigenvalue weighted by molar-refractivity contribution is 6.32. The van der Waals surface area contributed by atoms with Crippen LogP contribution in [0.25, 0.3) is 16.6 Å². The number of benzene rings is 2. The maximum Gasteiger partial charge on any atom is 0.226 e. The second-order valence-electron chi connectivity index (χ2n) is 8.47. The van der Waals surface area contributed by atoms with Crippen LogP contribution in [0.15, 0.2) is 67.4 Å². The van der Waals surface area contributed by atoms with Crippen LogP contribution < -0.4 is 15.0 Å². The average Bonchev–Trinajstić information content (AvgIpc) is 3.38. The number of carbonyl (C=O) groups is 1.